The van der Waals surface area contributed by atoms with E-state index in [1.54, 1.807) is 19.1 Å². The molecular weight excluding hydrogens is 401 g/mol. The molecule has 0 aliphatic carbocycles. The molecule has 1 aromatic heterocycles. The molecule has 156 valence electrons. The number of hydrogen-bond donors (Lipinski definition) is 2. The molecule has 5 nitrogen and oxygen atoms in total. The predicted molar refractivity (Wildman–Crippen MR) is 118 cm³/mol. The van der Waals surface area contributed by atoms with Crippen LogP contribution in [0.2, 0.25) is 0 Å². The lowest BCUT2D eigenvalue weighted by Crippen LogP contribution is -2.23. The van der Waals surface area contributed by atoms with E-state index in [0.29, 0.717) is 33.8 Å². The minimum absolute atomic E-state index is 0.0526. The van der Waals surface area contributed by atoms with Gasteiger partial charge in [0.2, 0.25) is 5.91 Å². The topological polar surface area (TPSA) is 74.8 Å². The molecule has 2 N–H and O–H groups in total. The van der Waals surface area contributed by atoms with Crippen LogP contribution >= 0.6 is 11.8 Å². The molecule has 0 fully saturated rings. The summed E-state index contributed by atoms with van der Waals surface area (Å²) in [5.41, 5.74) is 3.35. The maximum atomic E-state index is 13.0. The van der Waals surface area contributed by atoms with Crippen LogP contribution in [0.4, 0.5) is 10.1 Å². The summed E-state index contributed by atoms with van der Waals surface area (Å²) in [6, 6.07) is 13.9. The second-order valence-electron chi connectivity index (χ2n) is 7.35. The lowest BCUT2D eigenvalue weighted by molar-refractivity contribution is -0.115. The van der Waals surface area contributed by atoms with Crippen LogP contribution in [0.3, 0.4) is 0 Å². The van der Waals surface area contributed by atoms with Gasteiger partial charge in [-0.2, -0.15) is 0 Å². The average Bonchev–Trinajstić information content (AvgIpc) is 2.71. The molecule has 3 aromatic rings. The summed E-state index contributed by atoms with van der Waals surface area (Å²) in [7, 11) is 0. The van der Waals surface area contributed by atoms with Gasteiger partial charge in [-0.25, -0.2) is 9.37 Å². The Labute approximate surface area is 179 Å². The van der Waals surface area contributed by atoms with Gasteiger partial charge in [-0.3, -0.25) is 9.59 Å². The second kappa shape index (κ2) is 9.71. The molecule has 0 unspecified atom stereocenters. The van der Waals surface area contributed by atoms with Crippen molar-refractivity contribution >= 4 is 23.4 Å². The monoisotopic (exact) mass is 425 g/mol. The minimum Gasteiger partial charge on any atom is -0.326 e. The first-order valence-corrected chi connectivity index (χ1v) is 10.7. The lowest BCUT2D eigenvalue weighted by Gasteiger charge is -2.10. The van der Waals surface area contributed by atoms with E-state index >= 15 is 0 Å². The van der Waals surface area contributed by atoms with Crippen molar-refractivity contribution in [2.75, 3.05) is 5.32 Å². The van der Waals surface area contributed by atoms with E-state index < -0.39 is 0 Å². The molecule has 30 heavy (non-hydrogen) atoms. The highest BCUT2D eigenvalue weighted by molar-refractivity contribution is 7.98. The van der Waals surface area contributed by atoms with E-state index in [1.165, 1.54) is 29.5 Å². The van der Waals surface area contributed by atoms with Gasteiger partial charge in [0.05, 0.1) is 6.42 Å². The van der Waals surface area contributed by atoms with Gasteiger partial charge in [-0.05, 0) is 48.2 Å². The molecule has 0 atom stereocenters. The zero-order valence-corrected chi connectivity index (χ0v) is 18.0. The minimum atomic E-state index is -0.325. The van der Waals surface area contributed by atoms with Crippen LogP contribution in [0.15, 0.2) is 58.5 Å². The first-order chi connectivity index (χ1) is 14.3. The summed E-state index contributed by atoms with van der Waals surface area (Å²) < 4.78 is 13.0. The Morgan fingerprint density at radius 3 is 2.40 bits per heavy atom. The van der Waals surface area contributed by atoms with Gasteiger partial charge in [-0.15, -0.1) is 0 Å². The molecule has 0 aliphatic rings. The van der Waals surface area contributed by atoms with Crippen LogP contribution in [0.1, 0.15) is 42.1 Å². The molecule has 0 saturated heterocycles. The molecular formula is C23H24FN3O2S. The lowest BCUT2D eigenvalue weighted by atomic mass is 10.0. The molecule has 0 radical (unpaired) electrons. The van der Waals surface area contributed by atoms with Crippen molar-refractivity contribution in [3.8, 4) is 0 Å². The Kier molecular flexibility index (Phi) is 7.05. The van der Waals surface area contributed by atoms with Crippen LogP contribution in [-0.2, 0) is 17.0 Å². The van der Waals surface area contributed by atoms with Crippen molar-refractivity contribution in [3.05, 3.63) is 87.1 Å². The first-order valence-electron chi connectivity index (χ1n) is 9.68. The number of aromatic nitrogens is 2. The SMILES string of the molecule is Cc1nc(SCc2ccc(F)cc2)[nH]c(=O)c1CC(=O)Nc1ccc(C(C)C)cc1. The number of rotatable bonds is 7. The standard InChI is InChI=1S/C23H24FN3O2S/c1-14(2)17-6-10-19(11-7-17)26-21(28)12-20-15(3)25-23(27-22(20)29)30-13-16-4-8-18(24)9-5-16/h4-11,14H,12-13H2,1-3H3,(H,26,28)(H,25,27,29). The molecule has 0 bridgehead atoms. The largest absolute Gasteiger partial charge is 0.326 e. The number of benzene rings is 2. The van der Waals surface area contributed by atoms with E-state index in [4.69, 9.17) is 0 Å². The molecule has 0 spiro atoms. The number of anilines is 1. The summed E-state index contributed by atoms with van der Waals surface area (Å²) >= 11 is 1.35. The maximum Gasteiger partial charge on any atom is 0.255 e. The number of carbonyl (C=O) groups excluding carboxylic acids is 1. The Hall–Kier alpha value is -2.93. The smallest absolute Gasteiger partial charge is 0.255 e. The number of halogens is 1. The number of aromatic amines is 1. The van der Waals surface area contributed by atoms with Crippen molar-refractivity contribution in [1.29, 1.82) is 0 Å². The van der Waals surface area contributed by atoms with Crippen molar-refractivity contribution in [2.24, 2.45) is 0 Å². The molecule has 0 saturated carbocycles. The quantitative estimate of drug-likeness (QED) is 0.421. The van der Waals surface area contributed by atoms with Crippen LogP contribution in [-0.4, -0.2) is 15.9 Å². The van der Waals surface area contributed by atoms with E-state index in [0.717, 1.165) is 5.56 Å². The van der Waals surface area contributed by atoms with E-state index in [1.807, 2.05) is 24.3 Å². The van der Waals surface area contributed by atoms with Gasteiger partial charge in [0, 0.05) is 22.7 Å². The summed E-state index contributed by atoms with van der Waals surface area (Å²) in [5, 5.41) is 3.29. The zero-order valence-electron chi connectivity index (χ0n) is 17.2. The van der Waals surface area contributed by atoms with Gasteiger partial charge in [-0.1, -0.05) is 49.9 Å². The van der Waals surface area contributed by atoms with Gasteiger partial charge in [0.1, 0.15) is 5.82 Å². The Balaban J connectivity index is 1.63. The van der Waals surface area contributed by atoms with Crippen LogP contribution < -0.4 is 10.9 Å². The molecule has 3 rings (SSSR count). The molecule has 1 amide bonds. The van der Waals surface area contributed by atoms with E-state index in [-0.39, 0.29) is 23.7 Å². The van der Waals surface area contributed by atoms with E-state index in [2.05, 4.69) is 29.1 Å². The molecule has 0 aliphatic heterocycles. The Morgan fingerprint density at radius 1 is 1.13 bits per heavy atom. The predicted octanol–water partition coefficient (Wildman–Crippen LogP) is 4.81. The highest BCUT2D eigenvalue weighted by Gasteiger charge is 2.13. The van der Waals surface area contributed by atoms with Crippen molar-refractivity contribution in [1.82, 2.24) is 9.97 Å². The molecule has 7 heteroatoms. The fourth-order valence-corrected chi connectivity index (χ4v) is 3.77. The Morgan fingerprint density at radius 2 is 1.80 bits per heavy atom. The van der Waals surface area contributed by atoms with Crippen molar-refractivity contribution in [2.45, 2.75) is 44.0 Å². The maximum absolute atomic E-state index is 13.0. The van der Waals surface area contributed by atoms with Crippen LogP contribution in [0, 0.1) is 12.7 Å². The number of amides is 1. The van der Waals surface area contributed by atoms with Crippen LogP contribution in [0.5, 0.6) is 0 Å². The van der Waals surface area contributed by atoms with Gasteiger partial charge < -0.3 is 10.3 Å². The van der Waals surface area contributed by atoms with Gasteiger partial charge in [0.15, 0.2) is 5.16 Å². The summed E-state index contributed by atoms with van der Waals surface area (Å²) in [6.07, 6.45) is -0.0526. The number of H-pyrrole nitrogens is 1. The third kappa shape index (κ3) is 5.79. The fraction of sp³-hybridized carbons (Fsp3) is 0.261. The highest BCUT2D eigenvalue weighted by Crippen LogP contribution is 2.20. The summed E-state index contributed by atoms with van der Waals surface area (Å²) in [5.74, 6) is 0.412. The Bertz CT molecular complexity index is 1080. The van der Waals surface area contributed by atoms with Crippen LogP contribution in [0.25, 0.3) is 0 Å². The third-order valence-corrected chi connectivity index (χ3v) is 5.63. The summed E-state index contributed by atoms with van der Waals surface area (Å²) in [4.78, 5) is 32.0. The number of carbonyl (C=O) groups is 1. The highest BCUT2D eigenvalue weighted by atomic mass is 32.2. The second-order valence-corrected chi connectivity index (χ2v) is 8.32. The normalized spacial score (nSPS) is 11.0. The first kappa shape index (κ1) is 21.8. The van der Waals surface area contributed by atoms with E-state index in [9.17, 15) is 14.0 Å². The van der Waals surface area contributed by atoms with Gasteiger partial charge in [0.25, 0.3) is 5.56 Å². The zero-order chi connectivity index (χ0) is 21.7. The molecule has 1 heterocycles. The molecule has 2 aromatic carbocycles. The number of thioether (sulfide) groups is 1. The van der Waals surface area contributed by atoms with Gasteiger partial charge >= 0.3 is 0 Å². The number of hydrogen-bond acceptors (Lipinski definition) is 4. The number of nitrogens with one attached hydrogen (secondary N) is 2. The third-order valence-electron chi connectivity index (χ3n) is 4.69. The van der Waals surface area contributed by atoms with Crippen molar-refractivity contribution in [3.63, 3.8) is 0 Å². The average molecular weight is 426 g/mol. The number of aryl methyl sites for hydroxylation is 1. The number of nitrogens with zero attached hydrogens (tertiary/aromatic N) is 1. The van der Waals surface area contributed by atoms with Crippen molar-refractivity contribution < 1.29 is 9.18 Å². The fourth-order valence-electron chi connectivity index (χ4n) is 2.91. The summed E-state index contributed by atoms with van der Waals surface area (Å²) in [6.45, 7) is 5.94.